The maximum Gasteiger partial charge on any atom is 4.00 e. The molecule has 0 spiro atoms. The Balaban J connectivity index is 0.00000101. The van der Waals surface area contributed by atoms with Crippen molar-refractivity contribution in [3.05, 3.63) is 74.3 Å². The molecule has 0 amide bonds. The summed E-state index contributed by atoms with van der Waals surface area (Å²) in [5, 5.41) is 0. The Morgan fingerprint density at radius 1 is 0.474 bits per heavy atom. The third kappa shape index (κ3) is 4.51. The molecule has 1 aliphatic heterocycles. The van der Waals surface area contributed by atoms with Crippen molar-refractivity contribution in [2.24, 2.45) is 23.7 Å². The molecule has 0 aromatic rings. The monoisotopic (exact) mass is 698 g/mol. The molecule has 2 heteroatoms. The Hall–Kier alpha value is 0.0470. The van der Waals surface area contributed by atoms with Crippen molar-refractivity contribution in [1.29, 1.82) is 0 Å². The minimum Gasteiger partial charge on any atom is -0.358 e. The maximum atomic E-state index is 2.61. The first-order valence-electron chi connectivity index (χ1n) is 14.8. The Bertz CT molecular complexity index is 940. The van der Waals surface area contributed by atoms with E-state index in [1.165, 1.54) is 51.4 Å². The van der Waals surface area contributed by atoms with Crippen molar-refractivity contribution < 1.29 is 25.8 Å². The number of fused-ring (bicyclic) bond motifs is 4. The molecule has 6 unspecified atom stereocenters. The molecule has 6 atom stereocenters. The van der Waals surface area contributed by atoms with Gasteiger partial charge in [-0.1, -0.05) is 60.1 Å². The first-order chi connectivity index (χ1) is 16.0. The van der Waals surface area contributed by atoms with E-state index in [1.54, 1.807) is 37.8 Å². The molecule has 0 N–H and O–H groups in total. The van der Waals surface area contributed by atoms with Gasteiger partial charge in [-0.15, -0.1) is 0 Å². The molecule has 210 valence electrons. The molecule has 0 bridgehead atoms. The molecule has 0 aromatic heterocycles. The van der Waals surface area contributed by atoms with Gasteiger partial charge in [0, 0.05) is 0 Å². The van der Waals surface area contributed by atoms with Crippen LogP contribution >= 0.6 is 0 Å². The molecule has 7 rings (SSSR count). The van der Waals surface area contributed by atoms with Crippen molar-refractivity contribution in [3.63, 3.8) is 0 Å². The van der Waals surface area contributed by atoms with Gasteiger partial charge in [0.15, 0.2) is 0 Å². The summed E-state index contributed by atoms with van der Waals surface area (Å²) in [5.41, 5.74) is 17.1. The van der Waals surface area contributed by atoms with Gasteiger partial charge in [0.1, 0.15) is 0 Å². The molecular weight excluding hydrogens is 639 g/mol. The van der Waals surface area contributed by atoms with Crippen LogP contribution in [0.5, 0.6) is 0 Å². The van der Waals surface area contributed by atoms with Crippen molar-refractivity contribution in [3.8, 4) is 0 Å². The van der Waals surface area contributed by atoms with Crippen LogP contribution in [0.25, 0.3) is 0 Å². The van der Waals surface area contributed by atoms with E-state index in [0.717, 1.165) is 34.8 Å². The number of hydrogen-bond donors (Lipinski definition) is 0. The van der Waals surface area contributed by atoms with Gasteiger partial charge in [0.25, 0.3) is 0 Å². The standard InChI is InChI=1S/C32H46Si.4CH3.Hf/c1-19-23-9-7-11-25(23)21(3)31-27(19)13-15-29(31)33(17-5-6-18-33)30-16-14-28-20(2)24-10-8-12-26(24)22(4)32(28)30;;;;;/h27-32H,5-18H2,1-4H3;4*1H3;/q;4*-1;+4. The van der Waals surface area contributed by atoms with E-state index in [1.807, 2.05) is 44.6 Å². The predicted octanol–water partition coefficient (Wildman–Crippen LogP) is 11.5. The fraction of sp³-hybridized carbons (Fsp3) is 0.667. The van der Waals surface area contributed by atoms with Crippen LogP contribution in [0.15, 0.2) is 44.6 Å². The van der Waals surface area contributed by atoms with E-state index in [0.29, 0.717) is 0 Å². The Kier molecular flexibility index (Phi) is 11.3. The molecule has 38 heavy (non-hydrogen) atoms. The van der Waals surface area contributed by atoms with E-state index in [9.17, 15) is 0 Å². The maximum absolute atomic E-state index is 2.61. The third-order valence-corrected chi connectivity index (χ3v) is 19.6. The summed E-state index contributed by atoms with van der Waals surface area (Å²) in [6.07, 6.45) is 17.8. The van der Waals surface area contributed by atoms with Gasteiger partial charge in [0.05, 0.1) is 8.07 Å². The van der Waals surface area contributed by atoms with E-state index in [2.05, 4.69) is 27.7 Å². The zero-order valence-electron chi connectivity index (χ0n) is 26.4. The summed E-state index contributed by atoms with van der Waals surface area (Å²) in [5.74, 6) is 3.73. The van der Waals surface area contributed by atoms with Crippen LogP contribution in [0, 0.1) is 53.4 Å². The van der Waals surface area contributed by atoms with Crippen LogP contribution in [0.2, 0.25) is 23.2 Å². The van der Waals surface area contributed by atoms with E-state index >= 15 is 0 Å². The van der Waals surface area contributed by atoms with E-state index < -0.39 is 8.07 Å². The van der Waals surface area contributed by atoms with Crippen LogP contribution < -0.4 is 0 Å². The fourth-order valence-electron chi connectivity index (χ4n) is 11.6. The zero-order chi connectivity index (χ0) is 22.5. The van der Waals surface area contributed by atoms with Crippen LogP contribution in [0.1, 0.15) is 105 Å². The first kappa shape index (κ1) is 34.2. The molecule has 4 saturated carbocycles. The zero-order valence-corrected chi connectivity index (χ0v) is 31.0. The Morgan fingerprint density at radius 2 is 0.816 bits per heavy atom. The van der Waals surface area contributed by atoms with Crippen molar-refractivity contribution in [2.75, 3.05) is 0 Å². The van der Waals surface area contributed by atoms with Gasteiger partial charge in [-0.2, -0.15) is 0 Å². The second-order valence-corrected chi connectivity index (χ2v) is 18.4. The molecule has 1 saturated heterocycles. The topological polar surface area (TPSA) is 0 Å². The predicted molar refractivity (Wildman–Crippen MR) is 169 cm³/mol. The van der Waals surface area contributed by atoms with Gasteiger partial charge < -0.3 is 29.7 Å². The summed E-state index contributed by atoms with van der Waals surface area (Å²) in [6, 6.07) is 3.37. The summed E-state index contributed by atoms with van der Waals surface area (Å²) in [6.45, 7) is 10.4. The number of rotatable bonds is 2. The second-order valence-electron chi connectivity index (χ2n) is 13.4. The minimum atomic E-state index is -1.33. The van der Waals surface area contributed by atoms with Crippen LogP contribution in [-0.4, -0.2) is 8.07 Å². The van der Waals surface area contributed by atoms with Crippen molar-refractivity contribution in [1.82, 2.24) is 0 Å². The van der Waals surface area contributed by atoms with Gasteiger partial charge in [-0.3, -0.25) is 0 Å². The molecule has 0 nitrogen and oxygen atoms in total. The van der Waals surface area contributed by atoms with Gasteiger partial charge in [-0.05, 0) is 136 Å². The van der Waals surface area contributed by atoms with E-state index in [-0.39, 0.29) is 55.5 Å². The minimum absolute atomic E-state index is 0. The summed E-state index contributed by atoms with van der Waals surface area (Å²) < 4.78 is 0. The summed E-state index contributed by atoms with van der Waals surface area (Å²) >= 11 is 0. The van der Waals surface area contributed by atoms with Gasteiger partial charge >= 0.3 is 25.8 Å². The average Bonchev–Trinajstić information content (AvgIpc) is 3.64. The third-order valence-electron chi connectivity index (χ3n) is 12.8. The molecule has 7 aliphatic rings. The summed E-state index contributed by atoms with van der Waals surface area (Å²) in [7, 11) is -1.33. The summed E-state index contributed by atoms with van der Waals surface area (Å²) in [4.78, 5) is 0. The smallest absolute Gasteiger partial charge is 0.358 e. The number of allylic oxidation sites excluding steroid dienone is 8. The normalized spacial score (nSPS) is 36.3. The number of hydrogen-bond acceptors (Lipinski definition) is 0. The first-order valence-corrected chi connectivity index (χ1v) is 17.4. The van der Waals surface area contributed by atoms with Crippen LogP contribution in [0.3, 0.4) is 0 Å². The molecule has 5 fully saturated rings. The molecule has 6 aliphatic carbocycles. The molecule has 1 heterocycles. The molecule has 0 radical (unpaired) electrons. The second kappa shape index (κ2) is 12.5. The van der Waals surface area contributed by atoms with Gasteiger partial charge in [0.2, 0.25) is 0 Å². The largest absolute Gasteiger partial charge is 4.00 e. The van der Waals surface area contributed by atoms with Crippen molar-refractivity contribution >= 4 is 8.07 Å². The van der Waals surface area contributed by atoms with Gasteiger partial charge in [-0.25, -0.2) is 0 Å². The molecule has 0 aromatic carbocycles. The quantitative estimate of drug-likeness (QED) is 0.199. The fourth-order valence-corrected chi connectivity index (χ4v) is 19.6. The SMILES string of the molecule is CC1=C2CCCC2=C(C)C2C1CCC2[Si]1(C2CCC3C(C)=C4CCCC4=C(C)C32)CCCC1.[CH3-].[CH3-].[CH3-].[CH3-].[Hf+4]. The van der Waals surface area contributed by atoms with Crippen LogP contribution in [-0.2, 0) is 25.8 Å². The van der Waals surface area contributed by atoms with Crippen molar-refractivity contribution in [2.45, 2.75) is 128 Å². The van der Waals surface area contributed by atoms with E-state index in [4.69, 9.17) is 0 Å². The average molecular weight is 697 g/mol. The Morgan fingerprint density at radius 3 is 1.18 bits per heavy atom. The van der Waals surface area contributed by atoms with Crippen LogP contribution in [0.4, 0.5) is 0 Å². The molecular formula is C36H58HfSi. The Labute approximate surface area is 258 Å².